The third-order valence-electron chi connectivity index (χ3n) is 3.22. The summed E-state index contributed by atoms with van der Waals surface area (Å²) in [4.78, 5) is 23.9. The Hall–Kier alpha value is -1.60. The van der Waals surface area contributed by atoms with Crippen molar-refractivity contribution >= 4 is 54.9 Å². The third kappa shape index (κ3) is 2.27. The van der Waals surface area contributed by atoms with E-state index in [2.05, 4.69) is 26.6 Å². The molecule has 0 saturated carbocycles. The van der Waals surface area contributed by atoms with Crippen LogP contribution in [0.25, 0.3) is 10.1 Å². The fraction of sp³-hybridized carbons (Fsp3) is 0.231. The number of benzene rings is 1. The summed E-state index contributed by atoms with van der Waals surface area (Å²) in [5.41, 5.74) is 6.56. The Labute approximate surface area is 127 Å². The van der Waals surface area contributed by atoms with Crippen LogP contribution in [-0.4, -0.2) is 24.4 Å². The van der Waals surface area contributed by atoms with Crippen LogP contribution in [0.15, 0.2) is 22.7 Å². The lowest BCUT2D eigenvalue weighted by Crippen LogP contribution is -2.36. The summed E-state index contributed by atoms with van der Waals surface area (Å²) in [6, 6.07) is 5.57. The van der Waals surface area contributed by atoms with E-state index in [1.807, 2.05) is 18.2 Å². The van der Waals surface area contributed by atoms with Gasteiger partial charge in [-0.3, -0.25) is 9.59 Å². The van der Waals surface area contributed by atoms with Crippen LogP contribution in [-0.2, 0) is 4.79 Å². The summed E-state index contributed by atoms with van der Waals surface area (Å²) < 4.78 is 1.84. The molecule has 7 heteroatoms. The molecular weight excluding hydrogens is 342 g/mol. The van der Waals surface area contributed by atoms with Crippen molar-refractivity contribution in [1.82, 2.24) is 10.6 Å². The monoisotopic (exact) mass is 353 g/mol. The standard InChI is InChI=1S/C13H12BrN3O2S/c14-7-2-1-3-8-10(7)11(15)12(20-8)13(19)17-6-4-9(18)16-5-6/h1-3,6H,4-5,15H2,(H,16,18)(H,17,19). The normalized spacial score (nSPS) is 18.2. The van der Waals surface area contributed by atoms with Crippen LogP contribution in [0, 0.1) is 0 Å². The number of amides is 2. The number of anilines is 1. The molecule has 1 aliphatic heterocycles. The molecule has 0 aliphatic carbocycles. The molecule has 1 fully saturated rings. The molecule has 0 radical (unpaired) electrons. The first kappa shape index (κ1) is 13.4. The number of rotatable bonds is 2. The van der Waals surface area contributed by atoms with Crippen LogP contribution in [0.5, 0.6) is 0 Å². The molecule has 5 nitrogen and oxygen atoms in total. The van der Waals surface area contributed by atoms with Gasteiger partial charge in [-0.05, 0) is 12.1 Å². The fourth-order valence-electron chi connectivity index (χ4n) is 2.26. The Morgan fingerprint density at radius 1 is 1.50 bits per heavy atom. The minimum absolute atomic E-state index is 0.0395. The minimum Gasteiger partial charge on any atom is -0.397 e. The molecule has 20 heavy (non-hydrogen) atoms. The van der Waals surface area contributed by atoms with Crippen LogP contribution < -0.4 is 16.4 Å². The van der Waals surface area contributed by atoms with Crippen molar-refractivity contribution in [2.75, 3.05) is 12.3 Å². The van der Waals surface area contributed by atoms with Gasteiger partial charge in [0.1, 0.15) is 4.88 Å². The molecule has 1 aromatic carbocycles. The minimum atomic E-state index is -0.225. The highest BCUT2D eigenvalue weighted by Crippen LogP contribution is 2.38. The van der Waals surface area contributed by atoms with Crippen molar-refractivity contribution in [2.24, 2.45) is 0 Å². The Kier molecular flexibility index (Phi) is 3.39. The fourth-order valence-corrected chi connectivity index (χ4v) is 4.02. The van der Waals surface area contributed by atoms with E-state index < -0.39 is 0 Å². The number of carbonyl (C=O) groups excluding carboxylic acids is 2. The number of nitrogens with two attached hydrogens (primary N) is 1. The van der Waals surface area contributed by atoms with E-state index in [-0.39, 0.29) is 17.9 Å². The smallest absolute Gasteiger partial charge is 0.263 e. The van der Waals surface area contributed by atoms with E-state index in [1.54, 1.807) is 0 Å². The van der Waals surface area contributed by atoms with Gasteiger partial charge in [0, 0.05) is 27.5 Å². The highest BCUT2D eigenvalue weighted by molar-refractivity contribution is 9.10. The predicted molar refractivity (Wildman–Crippen MR) is 82.8 cm³/mol. The van der Waals surface area contributed by atoms with Gasteiger partial charge >= 0.3 is 0 Å². The van der Waals surface area contributed by atoms with Gasteiger partial charge in [-0.25, -0.2) is 0 Å². The summed E-state index contributed by atoms with van der Waals surface area (Å²) in [5, 5.41) is 6.39. The molecule has 3 rings (SSSR count). The molecule has 4 N–H and O–H groups in total. The number of thiophene rings is 1. The molecule has 1 aliphatic rings. The number of nitrogens with one attached hydrogen (secondary N) is 2. The molecule has 2 heterocycles. The first-order valence-electron chi connectivity index (χ1n) is 6.10. The van der Waals surface area contributed by atoms with Gasteiger partial charge in [0.2, 0.25) is 5.91 Å². The number of hydrogen-bond acceptors (Lipinski definition) is 4. The van der Waals surface area contributed by atoms with E-state index in [0.717, 1.165) is 14.6 Å². The SMILES string of the molecule is Nc1c(C(=O)NC2CNC(=O)C2)sc2cccc(Br)c12. The van der Waals surface area contributed by atoms with Crippen molar-refractivity contribution in [3.8, 4) is 0 Å². The Morgan fingerprint density at radius 3 is 2.95 bits per heavy atom. The quantitative estimate of drug-likeness (QED) is 0.770. The van der Waals surface area contributed by atoms with Gasteiger partial charge in [0.15, 0.2) is 0 Å². The molecule has 0 spiro atoms. The maximum Gasteiger partial charge on any atom is 0.263 e. The second-order valence-electron chi connectivity index (χ2n) is 4.64. The molecule has 2 aromatic rings. The first-order valence-corrected chi connectivity index (χ1v) is 7.71. The lowest BCUT2D eigenvalue weighted by atomic mass is 10.2. The molecule has 1 saturated heterocycles. The average molecular weight is 354 g/mol. The molecular formula is C13H12BrN3O2S. The lowest BCUT2D eigenvalue weighted by Gasteiger charge is -2.09. The second kappa shape index (κ2) is 5.06. The van der Waals surface area contributed by atoms with Crippen LogP contribution in [0.1, 0.15) is 16.1 Å². The van der Waals surface area contributed by atoms with Crippen LogP contribution in [0.2, 0.25) is 0 Å². The molecule has 0 bridgehead atoms. The topological polar surface area (TPSA) is 84.2 Å². The zero-order chi connectivity index (χ0) is 14.3. The van der Waals surface area contributed by atoms with Gasteiger partial charge in [-0.2, -0.15) is 0 Å². The van der Waals surface area contributed by atoms with Gasteiger partial charge < -0.3 is 16.4 Å². The summed E-state index contributed by atoms with van der Waals surface area (Å²) >= 11 is 4.80. The zero-order valence-corrected chi connectivity index (χ0v) is 12.8. The Balaban J connectivity index is 1.90. The molecule has 1 aromatic heterocycles. The Morgan fingerprint density at radius 2 is 2.30 bits per heavy atom. The van der Waals surface area contributed by atoms with Gasteiger partial charge in [-0.15, -0.1) is 11.3 Å². The van der Waals surface area contributed by atoms with Crippen molar-refractivity contribution in [3.63, 3.8) is 0 Å². The van der Waals surface area contributed by atoms with Crippen molar-refractivity contribution in [2.45, 2.75) is 12.5 Å². The lowest BCUT2D eigenvalue weighted by molar-refractivity contribution is -0.119. The van der Waals surface area contributed by atoms with E-state index in [4.69, 9.17) is 5.73 Å². The van der Waals surface area contributed by atoms with Crippen LogP contribution in [0.4, 0.5) is 5.69 Å². The summed E-state index contributed by atoms with van der Waals surface area (Å²) in [7, 11) is 0. The highest BCUT2D eigenvalue weighted by atomic mass is 79.9. The van der Waals surface area contributed by atoms with Gasteiger partial charge in [0.25, 0.3) is 5.91 Å². The van der Waals surface area contributed by atoms with E-state index in [0.29, 0.717) is 23.5 Å². The van der Waals surface area contributed by atoms with Gasteiger partial charge in [-0.1, -0.05) is 22.0 Å². The molecule has 104 valence electrons. The second-order valence-corrected chi connectivity index (χ2v) is 6.54. The summed E-state index contributed by atoms with van der Waals surface area (Å²) in [6.07, 6.45) is 0.320. The summed E-state index contributed by atoms with van der Waals surface area (Å²) in [5.74, 6) is -0.264. The number of fused-ring (bicyclic) bond motifs is 1. The summed E-state index contributed by atoms with van der Waals surface area (Å²) in [6.45, 7) is 0.471. The Bertz CT molecular complexity index is 713. The molecule has 1 unspecified atom stereocenters. The predicted octanol–water partition coefficient (Wildman–Crippen LogP) is 1.86. The maximum atomic E-state index is 12.3. The van der Waals surface area contributed by atoms with Crippen LogP contribution in [0.3, 0.4) is 0 Å². The number of halogens is 1. The molecule has 1 atom stereocenters. The average Bonchev–Trinajstić information content (AvgIpc) is 2.95. The van der Waals surface area contributed by atoms with E-state index in [9.17, 15) is 9.59 Å². The number of hydrogen-bond donors (Lipinski definition) is 3. The van der Waals surface area contributed by atoms with E-state index >= 15 is 0 Å². The van der Waals surface area contributed by atoms with E-state index in [1.165, 1.54) is 11.3 Å². The van der Waals surface area contributed by atoms with Gasteiger partial charge in [0.05, 0.1) is 11.7 Å². The highest BCUT2D eigenvalue weighted by Gasteiger charge is 2.25. The number of nitrogen functional groups attached to an aromatic ring is 1. The van der Waals surface area contributed by atoms with Crippen molar-refractivity contribution in [1.29, 1.82) is 0 Å². The number of carbonyl (C=O) groups is 2. The maximum absolute atomic E-state index is 12.3. The largest absolute Gasteiger partial charge is 0.397 e. The zero-order valence-electron chi connectivity index (χ0n) is 10.4. The first-order chi connectivity index (χ1) is 9.56. The third-order valence-corrected chi connectivity index (χ3v) is 5.05. The van der Waals surface area contributed by atoms with Crippen molar-refractivity contribution < 1.29 is 9.59 Å². The molecule has 2 amide bonds. The van der Waals surface area contributed by atoms with Crippen LogP contribution >= 0.6 is 27.3 Å². The van der Waals surface area contributed by atoms with Crippen molar-refractivity contribution in [3.05, 3.63) is 27.5 Å².